The van der Waals surface area contributed by atoms with E-state index in [2.05, 4.69) is 49.4 Å². The Morgan fingerprint density at radius 1 is 1.21 bits per heavy atom. The molecular formula is C21H27N5O2. The number of rotatable bonds is 6. The van der Waals surface area contributed by atoms with Crippen molar-refractivity contribution in [2.24, 2.45) is 0 Å². The van der Waals surface area contributed by atoms with Gasteiger partial charge in [0.25, 0.3) is 5.91 Å². The van der Waals surface area contributed by atoms with Crippen molar-refractivity contribution in [3.05, 3.63) is 47.3 Å². The SMILES string of the molecule is CCc1nc(N2CCOCC2)ncc1C(=O)NCCN1CCc2ccccc21. The fourth-order valence-corrected chi connectivity index (χ4v) is 3.82. The summed E-state index contributed by atoms with van der Waals surface area (Å²) in [6.45, 7) is 7.37. The number of para-hydroxylation sites is 1. The van der Waals surface area contributed by atoms with Crippen LogP contribution in [0.2, 0.25) is 0 Å². The van der Waals surface area contributed by atoms with Crippen LogP contribution in [0.4, 0.5) is 11.6 Å². The van der Waals surface area contributed by atoms with E-state index in [1.165, 1.54) is 11.3 Å². The zero-order valence-electron chi connectivity index (χ0n) is 16.4. The van der Waals surface area contributed by atoms with Gasteiger partial charge in [-0.25, -0.2) is 9.97 Å². The standard InChI is InChI=1S/C21H27N5O2/c1-2-18-17(15-23-21(24-18)26-11-13-28-14-12-26)20(27)22-8-10-25-9-7-16-5-3-4-6-19(16)25/h3-6,15H,2,7-14H2,1H3,(H,22,27). The van der Waals surface area contributed by atoms with Gasteiger partial charge in [0.1, 0.15) is 0 Å². The van der Waals surface area contributed by atoms with E-state index in [9.17, 15) is 4.79 Å². The van der Waals surface area contributed by atoms with Gasteiger partial charge >= 0.3 is 0 Å². The number of morpholine rings is 1. The highest BCUT2D eigenvalue weighted by molar-refractivity contribution is 5.95. The Balaban J connectivity index is 1.36. The van der Waals surface area contributed by atoms with Gasteiger partial charge in [-0.1, -0.05) is 25.1 Å². The molecule has 1 aromatic heterocycles. The van der Waals surface area contributed by atoms with Gasteiger partial charge in [-0.3, -0.25) is 4.79 Å². The Labute approximate surface area is 165 Å². The summed E-state index contributed by atoms with van der Waals surface area (Å²) in [6, 6.07) is 8.47. The third-order valence-electron chi connectivity index (χ3n) is 5.38. The third kappa shape index (κ3) is 3.94. The van der Waals surface area contributed by atoms with Crippen LogP contribution < -0.4 is 15.1 Å². The molecule has 7 nitrogen and oxygen atoms in total. The molecule has 1 fully saturated rings. The van der Waals surface area contributed by atoms with Crippen molar-refractivity contribution < 1.29 is 9.53 Å². The molecule has 0 atom stereocenters. The highest BCUT2D eigenvalue weighted by Crippen LogP contribution is 2.26. The molecule has 2 aliphatic rings. The lowest BCUT2D eigenvalue weighted by Crippen LogP contribution is -2.38. The molecule has 1 N–H and O–H groups in total. The topological polar surface area (TPSA) is 70.6 Å². The first-order chi connectivity index (χ1) is 13.8. The predicted molar refractivity (Wildman–Crippen MR) is 109 cm³/mol. The third-order valence-corrected chi connectivity index (χ3v) is 5.38. The number of hydrogen-bond acceptors (Lipinski definition) is 6. The van der Waals surface area contributed by atoms with Crippen molar-refractivity contribution in [1.29, 1.82) is 0 Å². The number of fused-ring (bicyclic) bond motifs is 1. The largest absolute Gasteiger partial charge is 0.378 e. The van der Waals surface area contributed by atoms with E-state index in [0.717, 1.165) is 38.3 Å². The van der Waals surface area contributed by atoms with Crippen LogP contribution in [0.5, 0.6) is 0 Å². The molecule has 0 bridgehead atoms. The molecule has 7 heteroatoms. The van der Waals surface area contributed by atoms with Crippen LogP contribution in [-0.2, 0) is 17.6 Å². The number of amides is 1. The summed E-state index contributed by atoms with van der Waals surface area (Å²) in [6.07, 6.45) is 3.43. The first-order valence-electron chi connectivity index (χ1n) is 10.1. The van der Waals surface area contributed by atoms with Crippen LogP contribution in [-0.4, -0.2) is 61.8 Å². The number of benzene rings is 1. The van der Waals surface area contributed by atoms with Crippen LogP contribution >= 0.6 is 0 Å². The number of aryl methyl sites for hydroxylation is 1. The number of nitrogens with one attached hydrogen (secondary N) is 1. The molecular weight excluding hydrogens is 354 g/mol. The summed E-state index contributed by atoms with van der Waals surface area (Å²) >= 11 is 0. The molecule has 3 heterocycles. The summed E-state index contributed by atoms with van der Waals surface area (Å²) in [4.78, 5) is 26.2. The summed E-state index contributed by atoms with van der Waals surface area (Å²) in [5.74, 6) is 0.586. The van der Waals surface area contributed by atoms with Gasteiger partial charge in [-0.15, -0.1) is 0 Å². The van der Waals surface area contributed by atoms with Gasteiger partial charge in [0.2, 0.25) is 5.95 Å². The quantitative estimate of drug-likeness (QED) is 0.821. The van der Waals surface area contributed by atoms with E-state index < -0.39 is 0 Å². The fraction of sp³-hybridized carbons (Fsp3) is 0.476. The predicted octanol–water partition coefficient (Wildman–Crippen LogP) is 1.67. The number of aromatic nitrogens is 2. The molecule has 1 saturated heterocycles. The van der Waals surface area contributed by atoms with Crippen LogP contribution in [0.15, 0.2) is 30.5 Å². The summed E-state index contributed by atoms with van der Waals surface area (Å²) in [5, 5.41) is 3.04. The second-order valence-electron chi connectivity index (χ2n) is 7.11. The van der Waals surface area contributed by atoms with Crippen LogP contribution in [0.25, 0.3) is 0 Å². The van der Waals surface area contributed by atoms with Crippen molar-refractivity contribution in [1.82, 2.24) is 15.3 Å². The summed E-state index contributed by atoms with van der Waals surface area (Å²) < 4.78 is 5.38. The van der Waals surface area contributed by atoms with Crippen molar-refractivity contribution >= 4 is 17.5 Å². The molecule has 0 unspecified atom stereocenters. The van der Waals surface area contributed by atoms with Crippen LogP contribution in [0, 0.1) is 0 Å². The molecule has 0 spiro atoms. The van der Waals surface area contributed by atoms with E-state index >= 15 is 0 Å². The average molecular weight is 381 g/mol. The van der Waals surface area contributed by atoms with Gasteiger partial charge in [-0.2, -0.15) is 0 Å². The Kier molecular flexibility index (Phi) is 5.71. The Hall–Kier alpha value is -2.67. The number of hydrogen-bond donors (Lipinski definition) is 1. The molecule has 2 aliphatic heterocycles. The summed E-state index contributed by atoms with van der Waals surface area (Å²) in [5.41, 5.74) is 4.03. The van der Waals surface area contributed by atoms with E-state index in [1.54, 1.807) is 6.20 Å². The highest BCUT2D eigenvalue weighted by atomic mass is 16.5. The van der Waals surface area contributed by atoms with Crippen molar-refractivity contribution in [3.8, 4) is 0 Å². The minimum atomic E-state index is -0.0992. The molecule has 2 aromatic rings. The van der Waals surface area contributed by atoms with E-state index in [4.69, 9.17) is 4.74 Å². The lowest BCUT2D eigenvalue weighted by molar-refractivity contribution is 0.0952. The smallest absolute Gasteiger partial charge is 0.254 e. The molecule has 1 amide bonds. The molecule has 4 rings (SSSR count). The Bertz CT molecular complexity index is 835. The van der Waals surface area contributed by atoms with Crippen LogP contribution in [0.1, 0.15) is 28.5 Å². The van der Waals surface area contributed by atoms with Crippen molar-refractivity contribution in [3.63, 3.8) is 0 Å². The van der Waals surface area contributed by atoms with Gasteiger partial charge in [0, 0.05) is 44.6 Å². The number of ether oxygens (including phenoxy) is 1. The lowest BCUT2D eigenvalue weighted by Gasteiger charge is -2.27. The normalized spacial score (nSPS) is 16.2. The zero-order chi connectivity index (χ0) is 19.3. The maximum absolute atomic E-state index is 12.7. The first kappa shape index (κ1) is 18.7. The minimum absolute atomic E-state index is 0.0992. The van der Waals surface area contributed by atoms with Gasteiger partial charge in [0.15, 0.2) is 0 Å². The maximum atomic E-state index is 12.7. The molecule has 148 valence electrons. The van der Waals surface area contributed by atoms with Gasteiger partial charge in [-0.05, 0) is 24.5 Å². The van der Waals surface area contributed by atoms with Gasteiger partial charge < -0.3 is 19.9 Å². The van der Waals surface area contributed by atoms with E-state index in [-0.39, 0.29) is 5.91 Å². The Morgan fingerprint density at radius 2 is 2.04 bits per heavy atom. The Morgan fingerprint density at radius 3 is 2.86 bits per heavy atom. The molecule has 1 aromatic carbocycles. The fourth-order valence-electron chi connectivity index (χ4n) is 3.82. The second kappa shape index (κ2) is 8.56. The molecule has 0 saturated carbocycles. The van der Waals surface area contributed by atoms with Gasteiger partial charge in [0.05, 0.1) is 24.5 Å². The second-order valence-corrected chi connectivity index (χ2v) is 7.11. The lowest BCUT2D eigenvalue weighted by atomic mass is 10.2. The minimum Gasteiger partial charge on any atom is -0.378 e. The number of anilines is 2. The van der Waals surface area contributed by atoms with E-state index in [0.29, 0.717) is 37.7 Å². The first-order valence-corrected chi connectivity index (χ1v) is 10.1. The molecule has 28 heavy (non-hydrogen) atoms. The summed E-state index contributed by atoms with van der Waals surface area (Å²) in [7, 11) is 0. The number of carbonyl (C=O) groups is 1. The maximum Gasteiger partial charge on any atom is 0.254 e. The average Bonchev–Trinajstić information content (AvgIpc) is 3.17. The van der Waals surface area contributed by atoms with Crippen molar-refractivity contribution in [2.75, 3.05) is 55.7 Å². The number of carbonyl (C=O) groups excluding carboxylic acids is 1. The number of nitrogens with zero attached hydrogens (tertiary/aromatic N) is 4. The van der Waals surface area contributed by atoms with E-state index in [1.807, 2.05) is 6.92 Å². The van der Waals surface area contributed by atoms with Crippen LogP contribution in [0.3, 0.4) is 0 Å². The monoisotopic (exact) mass is 381 g/mol. The molecule has 0 radical (unpaired) electrons. The highest BCUT2D eigenvalue weighted by Gasteiger charge is 2.20. The van der Waals surface area contributed by atoms with Crippen molar-refractivity contribution in [2.45, 2.75) is 19.8 Å². The zero-order valence-corrected chi connectivity index (χ0v) is 16.4. The molecule has 0 aliphatic carbocycles.